The first-order valence-electron chi connectivity index (χ1n) is 6.91. The summed E-state index contributed by atoms with van der Waals surface area (Å²) in [6.07, 6.45) is 3.25. The molecule has 112 valence electrons. The van der Waals surface area contributed by atoms with E-state index in [9.17, 15) is 14.9 Å². The number of fused-ring (bicyclic) bond motifs is 3. The van der Waals surface area contributed by atoms with Crippen LogP contribution >= 0.6 is 0 Å². The molecule has 3 saturated heterocycles. The van der Waals surface area contributed by atoms with E-state index in [2.05, 4.69) is 15.2 Å². The molecule has 2 bridgehead atoms. The number of nitro groups is 1. The van der Waals surface area contributed by atoms with E-state index in [1.54, 1.807) is 0 Å². The number of aromatic nitrogens is 1. The molecule has 4 rings (SSSR count). The van der Waals surface area contributed by atoms with Gasteiger partial charge in [0.2, 0.25) is 0 Å². The van der Waals surface area contributed by atoms with Crippen LogP contribution in [0.15, 0.2) is 12.3 Å². The summed E-state index contributed by atoms with van der Waals surface area (Å²) in [5.74, 6) is -0.377. The zero-order valence-electron chi connectivity index (χ0n) is 11.4. The van der Waals surface area contributed by atoms with Crippen molar-refractivity contribution in [2.75, 3.05) is 25.0 Å². The maximum absolute atomic E-state index is 11.1. The van der Waals surface area contributed by atoms with E-state index in [1.807, 2.05) is 0 Å². The summed E-state index contributed by atoms with van der Waals surface area (Å²) in [6.45, 7) is 3.12. The van der Waals surface area contributed by atoms with E-state index in [4.69, 9.17) is 5.11 Å². The fourth-order valence-corrected chi connectivity index (χ4v) is 3.16. The lowest BCUT2D eigenvalue weighted by molar-refractivity contribution is -0.385. The molecule has 0 radical (unpaired) electrons. The van der Waals surface area contributed by atoms with Crippen LogP contribution in [0.1, 0.15) is 23.2 Å². The Labute approximate surface area is 120 Å². The van der Waals surface area contributed by atoms with Crippen LogP contribution in [0.25, 0.3) is 0 Å². The predicted molar refractivity (Wildman–Crippen MR) is 74.4 cm³/mol. The first kappa shape index (κ1) is 13.7. The number of hydrogen-bond acceptors (Lipinski definition) is 6. The van der Waals surface area contributed by atoms with Gasteiger partial charge in [0, 0.05) is 18.7 Å². The SMILES string of the molecule is O=C(O)c1cc(NC2CN3CCC2CC3)ncc1[N+](=O)[O-]. The van der Waals surface area contributed by atoms with Gasteiger partial charge in [0.15, 0.2) is 0 Å². The van der Waals surface area contributed by atoms with Crippen LogP contribution in [0, 0.1) is 16.0 Å². The second-order valence-corrected chi connectivity index (χ2v) is 5.54. The predicted octanol–water partition coefficient (Wildman–Crippen LogP) is 1.19. The lowest BCUT2D eigenvalue weighted by Gasteiger charge is -2.45. The molecule has 2 N–H and O–H groups in total. The molecule has 1 aromatic heterocycles. The Morgan fingerprint density at radius 3 is 2.71 bits per heavy atom. The largest absolute Gasteiger partial charge is 0.477 e. The van der Waals surface area contributed by atoms with Crippen molar-refractivity contribution < 1.29 is 14.8 Å². The van der Waals surface area contributed by atoms with Crippen molar-refractivity contribution in [3.8, 4) is 0 Å². The fourth-order valence-electron chi connectivity index (χ4n) is 3.16. The van der Waals surface area contributed by atoms with E-state index in [1.165, 1.54) is 6.07 Å². The van der Waals surface area contributed by atoms with Gasteiger partial charge in [0.05, 0.1) is 4.92 Å². The summed E-state index contributed by atoms with van der Waals surface area (Å²) in [7, 11) is 0. The third kappa shape index (κ3) is 2.66. The summed E-state index contributed by atoms with van der Waals surface area (Å²) in [4.78, 5) is 27.6. The lowest BCUT2D eigenvalue weighted by atomic mass is 9.84. The molecule has 8 heteroatoms. The van der Waals surface area contributed by atoms with Gasteiger partial charge in [-0.15, -0.1) is 0 Å². The molecule has 1 aromatic rings. The Bertz CT molecular complexity index is 584. The van der Waals surface area contributed by atoms with Gasteiger partial charge in [-0.1, -0.05) is 0 Å². The van der Waals surface area contributed by atoms with E-state index < -0.39 is 16.6 Å². The highest BCUT2D eigenvalue weighted by atomic mass is 16.6. The number of aromatic carboxylic acids is 1. The van der Waals surface area contributed by atoms with Crippen molar-refractivity contribution in [2.24, 2.45) is 5.92 Å². The van der Waals surface area contributed by atoms with Gasteiger partial charge in [-0.3, -0.25) is 10.1 Å². The normalized spacial score (nSPS) is 27.3. The quantitative estimate of drug-likeness (QED) is 0.633. The van der Waals surface area contributed by atoms with Crippen LogP contribution in [0.3, 0.4) is 0 Å². The number of carboxylic acid groups (broad SMARTS) is 1. The van der Waals surface area contributed by atoms with Crippen molar-refractivity contribution in [1.82, 2.24) is 9.88 Å². The Balaban J connectivity index is 1.81. The number of carbonyl (C=O) groups is 1. The molecular weight excluding hydrogens is 276 g/mol. The highest BCUT2D eigenvalue weighted by Gasteiger charge is 2.34. The van der Waals surface area contributed by atoms with Gasteiger partial charge in [-0.2, -0.15) is 0 Å². The van der Waals surface area contributed by atoms with E-state index >= 15 is 0 Å². The van der Waals surface area contributed by atoms with Crippen molar-refractivity contribution in [3.05, 3.63) is 27.9 Å². The maximum atomic E-state index is 11.1. The Kier molecular flexibility index (Phi) is 3.46. The molecule has 3 aliphatic heterocycles. The monoisotopic (exact) mass is 292 g/mol. The minimum absolute atomic E-state index is 0.225. The summed E-state index contributed by atoms with van der Waals surface area (Å²) in [5, 5.41) is 23.1. The second-order valence-electron chi connectivity index (χ2n) is 5.54. The van der Waals surface area contributed by atoms with E-state index in [-0.39, 0.29) is 11.6 Å². The number of anilines is 1. The highest BCUT2D eigenvalue weighted by Crippen LogP contribution is 2.30. The van der Waals surface area contributed by atoms with Gasteiger partial charge < -0.3 is 15.3 Å². The molecule has 1 atom stereocenters. The number of nitrogens with zero attached hydrogens (tertiary/aromatic N) is 3. The topological polar surface area (TPSA) is 109 Å². The van der Waals surface area contributed by atoms with Gasteiger partial charge in [0.1, 0.15) is 17.6 Å². The Morgan fingerprint density at radius 2 is 2.19 bits per heavy atom. The number of pyridine rings is 1. The average Bonchev–Trinajstić information content (AvgIpc) is 2.48. The first-order valence-corrected chi connectivity index (χ1v) is 6.91. The maximum Gasteiger partial charge on any atom is 0.342 e. The molecule has 3 fully saturated rings. The summed E-state index contributed by atoms with van der Waals surface area (Å²) in [5.41, 5.74) is -0.819. The molecule has 0 aliphatic carbocycles. The smallest absolute Gasteiger partial charge is 0.342 e. The molecular formula is C13H16N4O4. The number of piperidine rings is 3. The van der Waals surface area contributed by atoms with Crippen molar-refractivity contribution in [3.63, 3.8) is 0 Å². The molecule has 0 aromatic carbocycles. The summed E-state index contributed by atoms with van der Waals surface area (Å²) < 4.78 is 0. The van der Waals surface area contributed by atoms with E-state index in [0.29, 0.717) is 11.7 Å². The molecule has 21 heavy (non-hydrogen) atoms. The van der Waals surface area contributed by atoms with Crippen LogP contribution in [-0.4, -0.2) is 51.6 Å². The summed E-state index contributed by atoms with van der Waals surface area (Å²) >= 11 is 0. The second kappa shape index (κ2) is 5.28. The number of nitrogens with one attached hydrogen (secondary N) is 1. The molecule has 8 nitrogen and oxygen atoms in total. The van der Waals surface area contributed by atoms with Gasteiger partial charge >= 0.3 is 11.7 Å². The third-order valence-electron chi connectivity index (χ3n) is 4.30. The summed E-state index contributed by atoms with van der Waals surface area (Å²) in [6, 6.07) is 1.47. The minimum atomic E-state index is -1.32. The van der Waals surface area contributed by atoms with Crippen LogP contribution in [0.4, 0.5) is 11.5 Å². The zero-order chi connectivity index (χ0) is 15.0. The van der Waals surface area contributed by atoms with Gasteiger partial charge in [-0.05, 0) is 31.8 Å². The van der Waals surface area contributed by atoms with Crippen LogP contribution < -0.4 is 5.32 Å². The Morgan fingerprint density at radius 1 is 1.48 bits per heavy atom. The minimum Gasteiger partial charge on any atom is -0.477 e. The molecule has 1 unspecified atom stereocenters. The molecule has 0 saturated carbocycles. The van der Waals surface area contributed by atoms with Crippen molar-refractivity contribution in [1.29, 1.82) is 0 Å². The zero-order valence-corrected chi connectivity index (χ0v) is 11.4. The Hall–Kier alpha value is -2.22. The number of carboxylic acids is 1. The first-order chi connectivity index (χ1) is 10.0. The van der Waals surface area contributed by atoms with E-state index in [0.717, 1.165) is 38.7 Å². The van der Waals surface area contributed by atoms with Gasteiger partial charge in [0.25, 0.3) is 0 Å². The van der Waals surface area contributed by atoms with Crippen molar-refractivity contribution in [2.45, 2.75) is 18.9 Å². The standard InChI is InChI=1S/C13H16N4O4/c18-13(19)9-5-12(14-6-11(9)17(20)21)15-10-7-16-3-1-8(10)2-4-16/h5-6,8,10H,1-4,7H2,(H,14,15)(H,18,19). The molecule has 0 amide bonds. The van der Waals surface area contributed by atoms with Crippen molar-refractivity contribution >= 4 is 17.5 Å². The van der Waals surface area contributed by atoms with Crippen LogP contribution in [0.5, 0.6) is 0 Å². The average molecular weight is 292 g/mol. The lowest BCUT2D eigenvalue weighted by Crippen LogP contribution is -2.53. The van der Waals surface area contributed by atoms with Crippen LogP contribution in [0.2, 0.25) is 0 Å². The number of rotatable bonds is 4. The van der Waals surface area contributed by atoms with Crippen LogP contribution in [-0.2, 0) is 0 Å². The molecule has 4 heterocycles. The van der Waals surface area contributed by atoms with Gasteiger partial charge in [-0.25, -0.2) is 9.78 Å². The highest BCUT2D eigenvalue weighted by molar-refractivity contribution is 5.93. The molecule has 0 spiro atoms. The third-order valence-corrected chi connectivity index (χ3v) is 4.30. The number of hydrogen-bond donors (Lipinski definition) is 2. The fraction of sp³-hybridized carbons (Fsp3) is 0.538. The molecule has 3 aliphatic rings.